The van der Waals surface area contributed by atoms with Crippen molar-refractivity contribution in [1.29, 1.82) is 0 Å². The second-order valence-corrected chi connectivity index (χ2v) is 5.36. The second kappa shape index (κ2) is 6.93. The zero-order valence-corrected chi connectivity index (χ0v) is 10.9. The molecule has 0 bridgehead atoms. The van der Waals surface area contributed by atoms with Gasteiger partial charge in [-0.25, -0.2) is 9.18 Å². The highest BCUT2D eigenvalue weighted by Crippen LogP contribution is 2.05. The standard InChI is InChI=1S/C11H13FN2O4S/c1-7(15)14-10(11(16)17)6-19(18)5-8-2-9(12)4-13-3-8/h2-4,10H,5-6H2,1H3,(H,14,15)(H,16,17)/t10-,19?/m0/s1. The average Bonchev–Trinajstić information content (AvgIpc) is 2.27. The number of hydrogen-bond donors (Lipinski definition) is 2. The maximum absolute atomic E-state index is 12.9. The van der Waals surface area contributed by atoms with Gasteiger partial charge in [-0.1, -0.05) is 0 Å². The van der Waals surface area contributed by atoms with Crippen molar-refractivity contribution in [2.24, 2.45) is 0 Å². The van der Waals surface area contributed by atoms with Crippen LogP contribution in [-0.4, -0.2) is 38.0 Å². The summed E-state index contributed by atoms with van der Waals surface area (Å²) in [4.78, 5) is 25.3. The van der Waals surface area contributed by atoms with Crippen LogP contribution in [-0.2, 0) is 26.1 Å². The van der Waals surface area contributed by atoms with E-state index in [9.17, 15) is 18.2 Å². The third-order valence-corrected chi connectivity index (χ3v) is 3.48. The predicted molar refractivity (Wildman–Crippen MR) is 66.1 cm³/mol. The fourth-order valence-corrected chi connectivity index (χ4v) is 2.63. The molecule has 0 aliphatic heterocycles. The van der Waals surface area contributed by atoms with Crippen molar-refractivity contribution in [3.05, 3.63) is 29.8 Å². The number of carboxylic acids is 1. The number of nitrogens with one attached hydrogen (secondary N) is 1. The molecular formula is C11H13FN2O4S. The van der Waals surface area contributed by atoms with Crippen LogP contribution in [0.5, 0.6) is 0 Å². The Hall–Kier alpha value is -1.83. The SMILES string of the molecule is CC(=O)N[C@@H](CS(=O)Cc1cncc(F)c1)C(=O)O. The smallest absolute Gasteiger partial charge is 0.327 e. The summed E-state index contributed by atoms with van der Waals surface area (Å²) >= 11 is 0. The maximum Gasteiger partial charge on any atom is 0.327 e. The maximum atomic E-state index is 12.9. The van der Waals surface area contributed by atoms with E-state index < -0.39 is 34.5 Å². The fraction of sp³-hybridized carbons (Fsp3) is 0.364. The summed E-state index contributed by atoms with van der Waals surface area (Å²) in [7, 11) is -1.55. The van der Waals surface area contributed by atoms with Gasteiger partial charge in [-0.15, -0.1) is 0 Å². The normalized spacial score (nSPS) is 13.6. The van der Waals surface area contributed by atoms with Crippen molar-refractivity contribution in [3.63, 3.8) is 0 Å². The summed E-state index contributed by atoms with van der Waals surface area (Å²) in [5, 5.41) is 11.0. The molecule has 0 saturated carbocycles. The first-order valence-corrected chi connectivity index (χ1v) is 6.81. The molecule has 0 aromatic carbocycles. The lowest BCUT2D eigenvalue weighted by Crippen LogP contribution is -2.43. The molecule has 0 fully saturated rings. The molecule has 0 saturated heterocycles. The zero-order chi connectivity index (χ0) is 14.4. The predicted octanol–water partition coefficient (Wildman–Crippen LogP) is 0.0587. The molecule has 8 heteroatoms. The van der Waals surface area contributed by atoms with E-state index in [1.807, 2.05) is 0 Å². The van der Waals surface area contributed by atoms with Gasteiger partial charge in [-0.3, -0.25) is 14.0 Å². The van der Waals surface area contributed by atoms with E-state index in [0.717, 1.165) is 6.20 Å². The number of pyridine rings is 1. The van der Waals surface area contributed by atoms with Crippen molar-refractivity contribution in [2.45, 2.75) is 18.7 Å². The van der Waals surface area contributed by atoms with Crippen LogP contribution < -0.4 is 5.32 Å². The Morgan fingerprint density at radius 2 is 2.21 bits per heavy atom. The Bertz CT molecular complexity index is 509. The van der Waals surface area contributed by atoms with Gasteiger partial charge in [0.1, 0.15) is 11.9 Å². The number of rotatable bonds is 6. The minimum Gasteiger partial charge on any atom is -0.480 e. The summed E-state index contributed by atoms with van der Waals surface area (Å²) < 4.78 is 24.6. The number of carbonyl (C=O) groups excluding carboxylic acids is 1. The topological polar surface area (TPSA) is 96.4 Å². The van der Waals surface area contributed by atoms with E-state index in [2.05, 4.69) is 10.3 Å². The van der Waals surface area contributed by atoms with Gasteiger partial charge in [0.05, 0.1) is 17.7 Å². The van der Waals surface area contributed by atoms with Crippen molar-refractivity contribution < 1.29 is 23.3 Å². The summed E-state index contributed by atoms with van der Waals surface area (Å²) in [6, 6.07) is -0.0427. The molecule has 1 aromatic rings. The summed E-state index contributed by atoms with van der Waals surface area (Å²) in [6.45, 7) is 1.18. The highest BCUT2D eigenvalue weighted by molar-refractivity contribution is 7.84. The van der Waals surface area contributed by atoms with Crippen LogP contribution in [0, 0.1) is 5.82 Å². The van der Waals surface area contributed by atoms with Gasteiger partial charge in [0.25, 0.3) is 0 Å². The first kappa shape index (κ1) is 15.2. The lowest BCUT2D eigenvalue weighted by Gasteiger charge is -2.12. The Morgan fingerprint density at radius 3 is 2.74 bits per heavy atom. The third kappa shape index (κ3) is 5.56. The van der Waals surface area contributed by atoms with E-state index in [1.165, 1.54) is 19.2 Å². The minimum atomic E-state index is -1.55. The Kier molecular flexibility index (Phi) is 5.56. The van der Waals surface area contributed by atoms with E-state index in [-0.39, 0.29) is 11.5 Å². The molecule has 6 nitrogen and oxygen atoms in total. The number of amides is 1. The van der Waals surface area contributed by atoms with Crippen molar-refractivity contribution >= 4 is 22.7 Å². The number of carbonyl (C=O) groups is 2. The number of hydrogen-bond acceptors (Lipinski definition) is 4. The molecule has 0 spiro atoms. The first-order chi connectivity index (χ1) is 8.88. The highest BCUT2D eigenvalue weighted by Gasteiger charge is 2.21. The average molecular weight is 288 g/mol. The number of nitrogens with zero attached hydrogens (tertiary/aromatic N) is 1. The molecule has 1 rings (SSSR count). The molecular weight excluding hydrogens is 275 g/mol. The lowest BCUT2D eigenvalue weighted by atomic mass is 10.3. The second-order valence-electron chi connectivity index (χ2n) is 3.85. The van der Waals surface area contributed by atoms with E-state index in [4.69, 9.17) is 5.11 Å². The van der Waals surface area contributed by atoms with Crippen LogP contribution in [0.15, 0.2) is 18.5 Å². The van der Waals surface area contributed by atoms with E-state index in [1.54, 1.807) is 0 Å². The molecule has 2 N–H and O–H groups in total. The van der Waals surface area contributed by atoms with E-state index in [0.29, 0.717) is 5.56 Å². The van der Waals surface area contributed by atoms with Gasteiger partial charge in [0, 0.05) is 23.9 Å². The van der Waals surface area contributed by atoms with Crippen molar-refractivity contribution in [3.8, 4) is 0 Å². The third-order valence-electron chi connectivity index (χ3n) is 2.12. The Morgan fingerprint density at radius 1 is 1.53 bits per heavy atom. The van der Waals surface area contributed by atoms with Gasteiger partial charge >= 0.3 is 5.97 Å². The molecule has 2 atom stereocenters. The van der Waals surface area contributed by atoms with Gasteiger partial charge in [0.2, 0.25) is 5.91 Å². The minimum absolute atomic E-state index is 0.0197. The molecule has 0 aliphatic carbocycles. The fourth-order valence-electron chi connectivity index (χ4n) is 1.39. The van der Waals surface area contributed by atoms with Crippen molar-refractivity contribution in [1.82, 2.24) is 10.3 Å². The number of aromatic nitrogens is 1. The largest absolute Gasteiger partial charge is 0.480 e. The number of carboxylic acid groups (broad SMARTS) is 1. The molecule has 104 valence electrons. The molecule has 1 unspecified atom stereocenters. The molecule has 19 heavy (non-hydrogen) atoms. The lowest BCUT2D eigenvalue weighted by molar-refractivity contribution is -0.140. The van der Waals surface area contributed by atoms with E-state index >= 15 is 0 Å². The first-order valence-electron chi connectivity index (χ1n) is 5.33. The monoisotopic (exact) mass is 288 g/mol. The quantitative estimate of drug-likeness (QED) is 0.771. The van der Waals surface area contributed by atoms with Crippen LogP contribution >= 0.6 is 0 Å². The molecule has 0 aliphatic rings. The molecule has 1 aromatic heterocycles. The van der Waals surface area contributed by atoms with Crippen LogP contribution in [0.25, 0.3) is 0 Å². The van der Waals surface area contributed by atoms with Gasteiger partial charge in [0.15, 0.2) is 0 Å². The Balaban J connectivity index is 2.62. The van der Waals surface area contributed by atoms with Gasteiger partial charge in [-0.05, 0) is 11.6 Å². The number of halogens is 1. The van der Waals surface area contributed by atoms with Gasteiger partial charge in [-0.2, -0.15) is 0 Å². The number of aliphatic carboxylic acids is 1. The molecule has 0 radical (unpaired) electrons. The zero-order valence-electron chi connectivity index (χ0n) is 10.1. The highest BCUT2D eigenvalue weighted by atomic mass is 32.2. The van der Waals surface area contributed by atoms with Crippen LogP contribution in [0.2, 0.25) is 0 Å². The van der Waals surface area contributed by atoms with Crippen molar-refractivity contribution in [2.75, 3.05) is 5.75 Å². The van der Waals surface area contributed by atoms with Crippen LogP contribution in [0.1, 0.15) is 12.5 Å². The van der Waals surface area contributed by atoms with Gasteiger partial charge < -0.3 is 10.4 Å². The molecule has 1 amide bonds. The van der Waals surface area contributed by atoms with Crippen LogP contribution in [0.4, 0.5) is 4.39 Å². The van der Waals surface area contributed by atoms with Crippen LogP contribution in [0.3, 0.4) is 0 Å². The Labute approximate surface area is 111 Å². The summed E-state index contributed by atoms with van der Waals surface area (Å²) in [5.74, 6) is -2.59. The summed E-state index contributed by atoms with van der Waals surface area (Å²) in [5.41, 5.74) is 0.408. The molecule has 1 heterocycles. The summed E-state index contributed by atoms with van der Waals surface area (Å²) in [6.07, 6.45) is 2.37.